The maximum Gasteiger partial charge on any atom is 0.161 e. The molecule has 0 aliphatic heterocycles. The fourth-order valence-corrected chi connectivity index (χ4v) is 2.16. The topological polar surface area (TPSA) is 52.5 Å². The van der Waals surface area contributed by atoms with E-state index in [0.29, 0.717) is 6.04 Å². The zero-order valence-electron chi connectivity index (χ0n) is 10.3. The number of rotatable bonds is 3. The van der Waals surface area contributed by atoms with Gasteiger partial charge in [0.2, 0.25) is 0 Å². The van der Waals surface area contributed by atoms with Gasteiger partial charge in [0.05, 0.1) is 0 Å². The molecule has 3 heteroatoms. The zero-order chi connectivity index (χ0) is 12.4. The second-order valence-electron chi connectivity index (χ2n) is 4.76. The van der Waals surface area contributed by atoms with Crippen LogP contribution in [-0.4, -0.2) is 22.8 Å². The van der Waals surface area contributed by atoms with Gasteiger partial charge < -0.3 is 15.5 Å². The SMILES string of the molecule is CC(C)NCC1=CCCc2c1ccc(O)c2O. The standard InChI is InChI=1S/C14H19NO2/c1-9(2)15-8-10-4-3-5-12-11(10)6-7-13(16)14(12)17/h4,6-7,9,15-17H,3,5,8H2,1-2H3. The van der Waals surface area contributed by atoms with Gasteiger partial charge in [-0.3, -0.25) is 0 Å². The number of phenols is 2. The molecule has 2 rings (SSSR count). The molecule has 3 N–H and O–H groups in total. The van der Waals surface area contributed by atoms with E-state index in [4.69, 9.17) is 0 Å². The molecule has 0 aromatic heterocycles. The highest BCUT2D eigenvalue weighted by Gasteiger charge is 2.17. The van der Waals surface area contributed by atoms with Crippen LogP contribution in [0.3, 0.4) is 0 Å². The molecular formula is C14H19NO2. The minimum atomic E-state index is -0.0261. The molecule has 0 radical (unpaired) electrons. The summed E-state index contributed by atoms with van der Waals surface area (Å²) in [7, 11) is 0. The van der Waals surface area contributed by atoms with Crippen LogP contribution in [0.1, 0.15) is 31.4 Å². The first-order valence-corrected chi connectivity index (χ1v) is 6.06. The first-order chi connectivity index (χ1) is 8.09. The first-order valence-electron chi connectivity index (χ1n) is 6.06. The van der Waals surface area contributed by atoms with Gasteiger partial charge in [-0.05, 0) is 30.0 Å². The molecule has 1 aromatic carbocycles. The van der Waals surface area contributed by atoms with Gasteiger partial charge in [0.15, 0.2) is 11.5 Å². The molecule has 0 heterocycles. The summed E-state index contributed by atoms with van der Waals surface area (Å²) >= 11 is 0. The number of hydrogen-bond acceptors (Lipinski definition) is 3. The third kappa shape index (κ3) is 2.44. The highest BCUT2D eigenvalue weighted by molar-refractivity contribution is 5.74. The van der Waals surface area contributed by atoms with Gasteiger partial charge in [-0.2, -0.15) is 0 Å². The number of fused-ring (bicyclic) bond motifs is 1. The van der Waals surface area contributed by atoms with E-state index < -0.39 is 0 Å². The van der Waals surface area contributed by atoms with Gasteiger partial charge in [-0.1, -0.05) is 26.0 Å². The van der Waals surface area contributed by atoms with E-state index in [1.165, 1.54) is 5.57 Å². The van der Waals surface area contributed by atoms with Crippen LogP contribution in [0.15, 0.2) is 18.2 Å². The Kier molecular flexibility index (Phi) is 3.38. The predicted octanol–water partition coefficient (Wildman–Crippen LogP) is 2.43. The van der Waals surface area contributed by atoms with Crippen molar-refractivity contribution >= 4 is 5.57 Å². The largest absolute Gasteiger partial charge is 0.504 e. The van der Waals surface area contributed by atoms with Crippen LogP contribution in [0, 0.1) is 0 Å². The molecule has 1 aliphatic carbocycles. The molecule has 92 valence electrons. The quantitative estimate of drug-likeness (QED) is 0.703. The lowest BCUT2D eigenvalue weighted by atomic mass is 9.89. The molecule has 0 fully saturated rings. The fourth-order valence-electron chi connectivity index (χ4n) is 2.16. The van der Waals surface area contributed by atoms with E-state index in [9.17, 15) is 10.2 Å². The Balaban J connectivity index is 2.29. The van der Waals surface area contributed by atoms with Gasteiger partial charge in [0.25, 0.3) is 0 Å². The number of nitrogens with one attached hydrogen (secondary N) is 1. The highest BCUT2D eigenvalue weighted by Crippen LogP contribution is 2.37. The molecule has 1 aliphatic rings. The predicted molar refractivity (Wildman–Crippen MR) is 69.2 cm³/mol. The van der Waals surface area contributed by atoms with Crippen molar-refractivity contribution in [3.63, 3.8) is 0 Å². The van der Waals surface area contributed by atoms with Gasteiger partial charge in [0, 0.05) is 18.2 Å². The van der Waals surface area contributed by atoms with Gasteiger partial charge in [-0.15, -0.1) is 0 Å². The average Bonchev–Trinajstić information content (AvgIpc) is 2.31. The average molecular weight is 233 g/mol. The van der Waals surface area contributed by atoms with E-state index in [2.05, 4.69) is 25.2 Å². The van der Waals surface area contributed by atoms with Crippen molar-refractivity contribution in [2.75, 3.05) is 6.54 Å². The number of aromatic hydroxyl groups is 2. The Morgan fingerprint density at radius 3 is 2.76 bits per heavy atom. The van der Waals surface area contributed by atoms with Crippen molar-refractivity contribution in [1.82, 2.24) is 5.32 Å². The highest BCUT2D eigenvalue weighted by atomic mass is 16.3. The molecule has 0 amide bonds. The van der Waals surface area contributed by atoms with Crippen LogP contribution in [0.5, 0.6) is 11.5 Å². The molecule has 1 aromatic rings. The second-order valence-corrected chi connectivity index (χ2v) is 4.76. The molecule has 0 saturated carbocycles. The van der Waals surface area contributed by atoms with Crippen molar-refractivity contribution in [3.8, 4) is 11.5 Å². The molecule has 0 spiro atoms. The van der Waals surface area contributed by atoms with Gasteiger partial charge in [-0.25, -0.2) is 0 Å². The smallest absolute Gasteiger partial charge is 0.161 e. The molecule has 17 heavy (non-hydrogen) atoms. The van der Waals surface area contributed by atoms with Crippen LogP contribution in [0.2, 0.25) is 0 Å². The van der Waals surface area contributed by atoms with Crippen molar-refractivity contribution < 1.29 is 10.2 Å². The summed E-state index contributed by atoms with van der Waals surface area (Å²) in [5.74, 6) is 0.0134. The van der Waals surface area contributed by atoms with E-state index in [-0.39, 0.29) is 11.5 Å². The maximum atomic E-state index is 9.84. The maximum absolute atomic E-state index is 9.84. The lowest BCUT2D eigenvalue weighted by Crippen LogP contribution is -2.25. The van der Waals surface area contributed by atoms with Gasteiger partial charge in [0.1, 0.15) is 0 Å². The second kappa shape index (κ2) is 4.80. The number of benzene rings is 1. The van der Waals surface area contributed by atoms with Gasteiger partial charge >= 0.3 is 0 Å². The summed E-state index contributed by atoms with van der Waals surface area (Å²) in [5.41, 5.74) is 3.13. The summed E-state index contributed by atoms with van der Waals surface area (Å²) < 4.78 is 0. The summed E-state index contributed by atoms with van der Waals surface area (Å²) in [6, 6.07) is 3.88. The number of allylic oxidation sites excluding steroid dienone is 1. The Morgan fingerprint density at radius 1 is 1.29 bits per heavy atom. The third-order valence-electron chi connectivity index (χ3n) is 3.09. The lowest BCUT2D eigenvalue weighted by molar-refractivity contribution is 0.399. The zero-order valence-corrected chi connectivity index (χ0v) is 10.3. The van der Waals surface area contributed by atoms with Crippen LogP contribution in [-0.2, 0) is 6.42 Å². The third-order valence-corrected chi connectivity index (χ3v) is 3.09. The summed E-state index contributed by atoms with van der Waals surface area (Å²) in [5, 5.41) is 22.7. The van der Waals surface area contributed by atoms with E-state index in [0.717, 1.165) is 30.5 Å². The Hall–Kier alpha value is -1.48. The minimum Gasteiger partial charge on any atom is -0.504 e. The fraction of sp³-hybridized carbons (Fsp3) is 0.429. The van der Waals surface area contributed by atoms with Crippen molar-refractivity contribution in [2.24, 2.45) is 0 Å². The molecular weight excluding hydrogens is 214 g/mol. The Bertz CT molecular complexity index is 450. The van der Waals surface area contributed by atoms with E-state index >= 15 is 0 Å². The van der Waals surface area contributed by atoms with E-state index in [1.807, 2.05) is 6.07 Å². The summed E-state index contributed by atoms with van der Waals surface area (Å²) in [4.78, 5) is 0. The molecule has 3 nitrogen and oxygen atoms in total. The normalized spacial score (nSPS) is 14.6. The number of phenolic OH excluding ortho intramolecular Hbond substituents is 2. The Labute approximate surface area is 102 Å². The monoisotopic (exact) mass is 233 g/mol. The molecule has 0 atom stereocenters. The molecule has 0 saturated heterocycles. The first kappa shape index (κ1) is 12.0. The number of hydrogen-bond donors (Lipinski definition) is 3. The van der Waals surface area contributed by atoms with Crippen molar-refractivity contribution in [1.29, 1.82) is 0 Å². The van der Waals surface area contributed by atoms with Crippen molar-refractivity contribution in [2.45, 2.75) is 32.7 Å². The van der Waals surface area contributed by atoms with Crippen LogP contribution in [0.4, 0.5) is 0 Å². The van der Waals surface area contributed by atoms with Crippen molar-refractivity contribution in [3.05, 3.63) is 29.3 Å². The Morgan fingerprint density at radius 2 is 2.06 bits per heavy atom. The molecule has 0 bridgehead atoms. The van der Waals surface area contributed by atoms with Crippen LogP contribution in [0.25, 0.3) is 5.57 Å². The van der Waals surface area contributed by atoms with Crippen LogP contribution >= 0.6 is 0 Å². The van der Waals surface area contributed by atoms with Crippen LogP contribution < -0.4 is 5.32 Å². The minimum absolute atomic E-state index is 0.0261. The summed E-state index contributed by atoms with van der Waals surface area (Å²) in [6.45, 7) is 5.02. The lowest BCUT2D eigenvalue weighted by Gasteiger charge is -2.20. The summed E-state index contributed by atoms with van der Waals surface area (Å²) in [6.07, 6.45) is 3.91. The molecule has 0 unspecified atom stereocenters. The van der Waals surface area contributed by atoms with E-state index in [1.54, 1.807) is 6.07 Å².